The highest BCUT2D eigenvalue weighted by molar-refractivity contribution is 7.90. The molecule has 0 spiro atoms. The summed E-state index contributed by atoms with van der Waals surface area (Å²) in [5.41, 5.74) is 2.16. The van der Waals surface area contributed by atoms with Crippen LogP contribution in [0.5, 0.6) is 0 Å². The van der Waals surface area contributed by atoms with Crippen LogP contribution in [0.15, 0.2) is 6.33 Å². The molecule has 54 valence electrons. The van der Waals surface area contributed by atoms with Crippen LogP contribution in [0, 0.1) is 0 Å². The van der Waals surface area contributed by atoms with Gasteiger partial charge in [0.2, 0.25) is 0 Å². The summed E-state index contributed by atoms with van der Waals surface area (Å²) in [4.78, 5) is 7.09. The number of rotatable bonds is 0. The minimum absolute atomic E-state index is 0.638. The van der Waals surface area contributed by atoms with Gasteiger partial charge in [-0.15, -0.1) is 0 Å². The van der Waals surface area contributed by atoms with Gasteiger partial charge in [-0.3, -0.25) is 0 Å². The summed E-state index contributed by atoms with van der Waals surface area (Å²) in [5.74, 6) is 1.42. The van der Waals surface area contributed by atoms with Crippen LogP contribution in [-0.4, -0.2) is 20.3 Å². The van der Waals surface area contributed by atoms with Gasteiger partial charge in [-0.25, -0.2) is 4.98 Å². The largest absolute Gasteiger partial charge is 0.616 e. The molecule has 0 aromatic carbocycles. The third-order valence-corrected chi connectivity index (χ3v) is 2.94. The van der Waals surface area contributed by atoms with Gasteiger partial charge in [-0.1, -0.05) is 0 Å². The van der Waals surface area contributed by atoms with E-state index >= 15 is 0 Å². The lowest BCUT2D eigenvalue weighted by atomic mass is 10.3. The van der Waals surface area contributed by atoms with Gasteiger partial charge in [0.25, 0.3) is 0 Å². The fraction of sp³-hybridized carbons (Fsp3) is 0.500. The van der Waals surface area contributed by atoms with Crippen molar-refractivity contribution in [3.05, 3.63) is 17.7 Å². The third-order valence-electron chi connectivity index (χ3n) is 1.68. The van der Waals surface area contributed by atoms with Crippen molar-refractivity contribution in [2.75, 3.05) is 5.75 Å². The molecule has 10 heavy (non-hydrogen) atoms. The van der Waals surface area contributed by atoms with Crippen LogP contribution in [0.4, 0.5) is 0 Å². The third kappa shape index (κ3) is 0.932. The van der Waals surface area contributed by atoms with Crippen LogP contribution < -0.4 is 0 Å². The standard InChI is InChI=1S/C6H8N2OS/c9-10-2-1-5-6(3-10)8-4-7-5/h4H,1-3H2,(H,7,8). The summed E-state index contributed by atoms with van der Waals surface area (Å²) in [5, 5.41) is 0. The first kappa shape index (κ1) is 6.24. The smallest absolute Gasteiger partial charge is 0.149 e. The van der Waals surface area contributed by atoms with Crippen LogP contribution in [0.3, 0.4) is 0 Å². The van der Waals surface area contributed by atoms with Crippen molar-refractivity contribution in [2.45, 2.75) is 12.2 Å². The quantitative estimate of drug-likeness (QED) is 0.546. The molecule has 1 aliphatic heterocycles. The Kier molecular flexibility index (Phi) is 1.43. The molecular weight excluding hydrogens is 148 g/mol. The van der Waals surface area contributed by atoms with E-state index < -0.39 is 11.2 Å². The molecule has 2 heterocycles. The minimum Gasteiger partial charge on any atom is -0.616 e. The SMILES string of the molecule is [O-][S+]1CCc2[nH]cnc2C1. The normalized spacial score (nSPS) is 24.3. The van der Waals surface area contributed by atoms with E-state index in [-0.39, 0.29) is 0 Å². The summed E-state index contributed by atoms with van der Waals surface area (Å²) in [6, 6.07) is 0. The molecule has 1 aromatic heterocycles. The summed E-state index contributed by atoms with van der Waals surface area (Å²) in [6.07, 6.45) is 2.56. The molecule has 0 fully saturated rings. The van der Waals surface area contributed by atoms with Gasteiger partial charge in [0.1, 0.15) is 17.2 Å². The number of aryl methyl sites for hydroxylation is 1. The van der Waals surface area contributed by atoms with Gasteiger partial charge < -0.3 is 9.54 Å². The molecule has 1 aromatic rings. The molecule has 1 unspecified atom stereocenters. The van der Waals surface area contributed by atoms with E-state index in [0.717, 1.165) is 17.9 Å². The van der Waals surface area contributed by atoms with Crippen LogP contribution in [0.1, 0.15) is 11.4 Å². The Morgan fingerprint density at radius 2 is 2.60 bits per heavy atom. The van der Waals surface area contributed by atoms with Crippen LogP contribution >= 0.6 is 0 Å². The first-order chi connectivity index (χ1) is 4.86. The van der Waals surface area contributed by atoms with Crippen molar-refractivity contribution in [1.29, 1.82) is 0 Å². The molecule has 0 bridgehead atoms. The van der Waals surface area contributed by atoms with E-state index in [1.165, 1.54) is 5.69 Å². The van der Waals surface area contributed by atoms with Crippen molar-refractivity contribution in [2.24, 2.45) is 0 Å². The number of nitrogens with zero attached hydrogens (tertiary/aromatic N) is 1. The Labute approximate surface area is 62.0 Å². The second kappa shape index (κ2) is 2.29. The highest BCUT2D eigenvalue weighted by Crippen LogP contribution is 2.15. The Morgan fingerprint density at radius 1 is 1.70 bits per heavy atom. The van der Waals surface area contributed by atoms with Crippen LogP contribution in [0.2, 0.25) is 0 Å². The number of H-pyrrole nitrogens is 1. The zero-order valence-electron chi connectivity index (χ0n) is 5.46. The number of fused-ring (bicyclic) bond motifs is 1. The highest BCUT2D eigenvalue weighted by Gasteiger charge is 2.20. The molecule has 1 aliphatic rings. The second-order valence-corrected chi connectivity index (χ2v) is 3.94. The molecule has 4 heteroatoms. The predicted octanol–water partition coefficient (Wildman–Crippen LogP) is 0.215. The van der Waals surface area contributed by atoms with Crippen molar-refractivity contribution in [3.63, 3.8) is 0 Å². The Morgan fingerprint density at radius 3 is 3.50 bits per heavy atom. The van der Waals surface area contributed by atoms with Gasteiger partial charge in [0, 0.05) is 12.1 Å². The summed E-state index contributed by atoms with van der Waals surface area (Å²) >= 11 is -0.662. The zero-order valence-corrected chi connectivity index (χ0v) is 6.28. The predicted molar refractivity (Wildman–Crippen MR) is 39.0 cm³/mol. The maximum Gasteiger partial charge on any atom is 0.149 e. The number of hydrogen-bond acceptors (Lipinski definition) is 2. The van der Waals surface area contributed by atoms with E-state index in [9.17, 15) is 4.55 Å². The monoisotopic (exact) mass is 156 g/mol. The Bertz CT molecular complexity index is 235. The van der Waals surface area contributed by atoms with Gasteiger partial charge in [-0.2, -0.15) is 0 Å². The minimum atomic E-state index is -0.662. The van der Waals surface area contributed by atoms with Crippen molar-refractivity contribution in [3.8, 4) is 0 Å². The van der Waals surface area contributed by atoms with Gasteiger partial charge >= 0.3 is 0 Å². The van der Waals surface area contributed by atoms with Crippen LogP contribution in [0.25, 0.3) is 0 Å². The number of hydrogen-bond donors (Lipinski definition) is 1. The average molecular weight is 156 g/mol. The van der Waals surface area contributed by atoms with E-state index in [1.54, 1.807) is 6.33 Å². The molecule has 0 amide bonds. The van der Waals surface area contributed by atoms with Crippen LogP contribution in [-0.2, 0) is 23.3 Å². The van der Waals surface area contributed by atoms with Gasteiger partial charge in [-0.05, 0) is 11.2 Å². The maximum atomic E-state index is 11.0. The topological polar surface area (TPSA) is 51.7 Å². The summed E-state index contributed by atoms with van der Waals surface area (Å²) < 4.78 is 11.0. The van der Waals surface area contributed by atoms with E-state index in [0.29, 0.717) is 5.75 Å². The van der Waals surface area contributed by atoms with E-state index in [1.807, 2.05) is 0 Å². The van der Waals surface area contributed by atoms with Crippen molar-refractivity contribution < 1.29 is 4.55 Å². The first-order valence-electron chi connectivity index (χ1n) is 3.22. The molecule has 2 rings (SSSR count). The molecule has 0 radical (unpaired) electrons. The molecule has 0 saturated carbocycles. The van der Waals surface area contributed by atoms with Gasteiger partial charge in [0.15, 0.2) is 0 Å². The van der Waals surface area contributed by atoms with Gasteiger partial charge in [0.05, 0.1) is 6.33 Å². The molecule has 3 nitrogen and oxygen atoms in total. The van der Waals surface area contributed by atoms with Crippen molar-refractivity contribution >= 4 is 11.2 Å². The lowest BCUT2D eigenvalue weighted by Crippen LogP contribution is -2.18. The molecule has 1 atom stereocenters. The average Bonchev–Trinajstić information content (AvgIpc) is 2.33. The fourth-order valence-corrected chi connectivity index (χ4v) is 2.26. The lowest BCUT2D eigenvalue weighted by molar-refractivity contribution is 0.589. The zero-order chi connectivity index (χ0) is 6.97. The van der Waals surface area contributed by atoms with E-state index in [2.05, 4.69) is 9.97 Å². The Balaban J connectivity index is 2.30. The molecule has 0 saturated heterocycles. The molecule has 1 N–H and O–H groups in total. The molecule has 0 aliphatic carbocycles. The second-order valence-electron chi connectivity index (χ2n) is 2.37. The lowest BCUT2D eigenvalue weighted by Gasteiger charge is -2.14. The van der Waals surface area contributed by atoms with E-state index in [4.69, 9.17) is 0 Å². The fourth-order valence-electron chi connectivity index (χ4n) is 1.13. The molecular formula is C6H8N2OS. The number of nitrogens with one attached hydrogen (secondary N) is 1. The highest BCUT2D eigenvalue weighted by atomic mass is 32.2. The van der Waals surface area contributed by atoms with Crippen molar-refractivity contribution in [1.82, 2.24) is 9.97 Å². The summed E-state index contributed by atoms with van der Waals surface area (Å²) in [7, 11) is 0. The Hall–Kier alpha value is -0.480. The number of imidazole rings is 1. The first-order valence-corrected chi connectivity index (χ1v) is 4.71. The number of aromatic amines is 1. The summed E-state index contributed by atoms with van der Waals surface area (Å²) in [6.45, 7) is 0. The maximum absolute atomic E-state index is 11.0. The number of aromatic nitrogens is 2.